The zero-order valence-electron chi connectivity index (χ0n) is 11.0. The molecule has 2 nitrogen and oxygen atoms in total. The topological polar surface area (TPSA) is 47.7 Å². The van der Waals surface area contributed by atoms with E-state index in [0.29, 0.717) is 11.8 Å². The molecule has 0 saturated carbocycles. The molecule has 0 spiro atoms. The van der Waals surface area contributed by atoms with E-state index in [1.165, 1.54) is 51.4 Å². The van der Waals surface area contributed by atoms with E-state index < -0.39 is 0 Å². The van der Waals surface area contributed by atoms with Crippen LogP contribution in [0.5, 0.6) is 0 Å². The molecule has 2 heteroatoms. The van der Waals surface area contributed by atoms with E-state index in [4.69, 9.17) is 10.8 Å². The fourth-order valence-electron chi connectivity index (χ4n) is 1.81. The summed E-state index contributed by atoms with van der Waals surface area (Å²) in [5.74, 6) is 0.932. The average Bonchev–Trinajstić information content (AvgIpc) is 2.31. The van der Waals surface area contributed by atoms with Gasteiger partial charge in [-0.25, -0.2) is 0 Å². The molecule has 16 heavy (non-hydrogen) atoms. The van der Waals surface area contributed by atoms with Gasteiger partial charge in [-0.1, -0.05) is 52.4 Å². The fourth-order valence-corrected chi connectivity index (χ4v) is 1.81. The van der Waals surface area contributed by atoms with Crippen molar-refractivity contribution in [1.82, 2.24) is 0 Å². The molecule has 0 aliphatic rings. The van der Waals surface area contributed by atoms with Crippen LogP contribution in [0.15, 0.2) is 0 Å². The van der Waals surface area contributed by atoms with E-state index in [9.17, 15) is 0 Å². The monoisotopic (exact) mass is 224 g/mol. The highest BCUT2D eigenvalue weighted by Crippen LogP contribution is 2.13. The summed E-state index contributed by atoms with van der Waals surface area (Å²) in [5, 5.41) is 14.2. The molecule has 0 radical (unpaired) electrons. The first-order valence-electron chi connectivity index (χ1n) is 6.72. The number of rotatable bonds is 11. The second-order valence-electron chi connectivity index (χ2n) is 4.99. The number of hydrogen-bond donors (Lipinski definition) is 2. The van der Waals surface area contributed by atoms with E-state index in [1.54, 1.807) is 12.4 Å². The van der Waals surface area contributed by atoms with Gasteiger partial charge in [-0.3, -0.25) is 0 Å². The van der Waals surface area contributed by atoms with Crippen LogP contribution in [0.1, 0.15) is 65.2 Å². The maximum atomic E-state index is 7.10. The third-order valence-corrected chi connectivity index (χ3v) is 3.14. The largest absolute Gasteiger partial charge is 0.313 e. The molecule has 2 N–H and O–H groups in total. The van der Waals surface area contributed by atoms with Gasteiger partial charge in [0.25, 0.3) is 0 Å². The molecule has 0 aliphatic carbocycles. The van der Waals surface area contributed by atoms with Crippen LogP contribution in [0.4, 0.5) is 0 Å². The van der Waals surface area contributed by atoms with Crippen LogP contribution >= 0.6 is 0 Å². The Labute approximate surface area is 101 Å². The minimum Gasteiger partial charge on any atom is -0.313 e. The lowest BCUT2D eigenvalue weighted by molar-refractivity contribution is 0.533. The Morgan fingerprint density at radius 1 is 0.688 bits per heavy atom. The Kier molecular flexibility index (Phi) is 10.4. The van der Waals surface area contributed by atoms with Crippen LogP contribution in [0, 0.1) is 22.7 Å². The highest BCUT2D eigenvalue weighted by molar-refractivity contribution is 5.56. The van der Waals surface area contributed by atoms with Gasteiger partial charge in [0.2, 0.25) is 0 Å². The first-order chi connectivity index (χ1) is 7.70. The summed E-state index contributed by atoms with van der Waals surface area (Å²) in [6.07, 6.45) is 13.3. The molecule has 0 heterocycles. The highest BCUT2D eigenvalue weighted by atomic mass is 14.3. The lowest BCUT2D eigenvalue weighted by atomic mass is 10.0. The predicted molar refractivity (Wildman–Crippen MR) is 72.8 cm³/mol. The molecule has 0 aromatic carbocycles. The molecule has 0 aromatic heterocycles. The number of unbranched alkanes of at least 4 members (excludes halogenated alkanes) is 5. The number of nitrogens with one attached hydrogen (secondary N) is 2. The summed E-state index contributed by atoms with van der Waals surface area (Å²) in [5.41, 5.74) is 0. The molecule has 0 rings (SSSR count). The Morgan fingerprint density at radius 2 is 1.00 bits per heavy atom. The van der Waals surface area contributed by atoms with Gasteiger partial charge in [0.15, 0.2) is 0 Å². The van der Waals surface area contributed by atoms with E-state index in [1.807, 2.05) is 0 Å². The van der Waals surface area contributed by atoms with Crippen LogP contribution < -0.4 is 0 Å². The van der Waals surface area contributed by atoms with Crippen molar-refractivity contribution in [3.8, 4) is 0 Å². The second kappa shape index (κ2) is 10.8. The smallest absolute Gasteiger partial charge is 0.00195 e. The molecule has 0 saturated heterocycles. The summed E-state index contributed by atoms with van der Waals surface area (Å²) in [4.78, 5) is 0. The van der Waals surface area contributed by atoms with Gasteiger partial charge in [-0.05, 0) is 37.1 Å². The first kappa shape index (κ1) is 15.3. The summed E-state index contributed by atoms with van der Waals surface area (Å²) in [6, 6.07) is 0. The quantitative estimate of drug-likeness (QED) is 0.378. The van der Waals surface area contributed by atoms with Gasteiger partial charge in [-0.15, -0.1) is 0 Å². The Balaban J connectivity index is 3.09. The fraction of sp³-hybridized carbons (Fsp3) is 0.857. The minimum atomic E-state index is 0.466. The first-order valence-corrected chi connectivity index (χ1v) is 6.72. The van der Waals surface area contributed by atoms with Crippen molar-refractivity contribution >= 4 is 12.4 Å². The van der Waals surface area contributed by atoms with Crippen LogP contribution in [-0.4, -0.2) is 12.4 Å². The van der Waals surface area contributed by atoms with E-state index in [2.05, 4.69) is 13.8 Å². The van der Waals surface area contributed by atoms with Crippen molar-refractivity contribution in [3.05, 3.63) is 0 Å². The van der Waals surface area contributed by atoms with Gasteiger partial charge >= 0.3 is 0 Å². The van der Waals surface area contributed by atoms with Crippen LogP contribution in [0.2, 0.25) is 0 Å². The lowest BCUT2D eigenvalue weighted by Gasteiger charge is -2.06. The van der Waals surface area contributed by atoms with Gasteiger partial charge < -0.3 is 10.8 Å². The van der Waals surface area contributed by atoms with Gasteiger partial charge in [0.05, 0.1) is 0 Å². The third kappa shape index (κ3) is 9.88. The van der Waals surface area contributed by atoms with Gasteiger partial charge in [-0.2, -0.15) is 0 Å². The van der Waals surface area contributed by atoms with Crippen molar-refractivity contribution < 1.29 is 0 Å². The van der Waals surface area contributed by atoms with Crippen molar-refractivity contribution in [3.63, 3.8) is 0 Å². The summed E-state index contributed by atoms with van der Waals surface area (Å²) in [7, 11) is 0. The molecular weight excluding hydrogens is 196 g/mol. The molecule has 0 amide bonds. The van der Waals surface area contributed by atoms with Gasteiger partial charge in [0, 0.05) is 0 Å². The minimum absolute atomic E-state index is 0.466. The van der Waals surface area contributed by atoms with E-state index in [-0.39, 0.29) is 0 Å². The Bertz CT molecular complexity index is 158. The van der Waals surface area contributed by atoms with Crippen molar-refractivity contribution in [2.75, 3.05) is 0 Å². The second-order valence-corrected chi connectivity index (χ2v) is 4.99. The molecule has 0 aliphatic heterocycles. The Hall–Kier alpha value is -0.660. The molecule has 0 bridgehead atoms. The van der Waals surface area contributed by atoms with E-state index in [0.717, 1.165) is 0 Å². The highest BCUT2D eigenvalue weighted by Gasteiger charge is 1.98. The van der Waals surface area contributed by atoms with Crippen LogP contribution in [-0.2, 0) is 0 Å². The van der Waals surface area contributed by atoms with E-state index >= 15 is 0 Å². The summed E-state index contributed by atoms with van der Waals surface area (Å²) >= 11 is 0. The SMILES string of the molecule is CC(C=N)CCCCCCCCC(C)C=N. The molecule has 2 atom stereocenters. The lowest BCUT2D eigenvalue weighted by Crippen LogP contribution is -1.95. The normalized spacial score (nSPS) is 14.4. The Morgan fingerprint density at radius 3 is 1.31 bits per heavy atom. The molecule has 0 fully saturated rings. The van der Waals surface area contributed by atoms with Crippen molar-refractivity contribution in [2.24, 2.45) is 11.8 Å². The average molecular weight is 224 g/mol. The van der Waals surface area contributed by atoms with Crippen molar-refractivity contribution in [1.29, 1.82) is 10.8 Å². The zero-order chi connectivity index (χ0) is 12.2. The maximum absolute atomic E-state index is 7.10. The van der Waals surface area contributed by atoms with Crippen LogP contribution in [0.25, 0.3) is 0 Å². The predicted octanol–water partition coefficient (Wildman–Crippen LogP) is 4.68. The summed E-state index contributed by atoms with van der Waals surface area (Å²) < 4.78 is 0. The third-order valence-electron chi connectivity index (χ3n) is 3.14. The standard InChI is InChI=1S/C14H28N2/c1-13(11-15)9-7-5-3-4-6-8-10-14(2)12-16/h11-16H,3-10H2,1-2H3. The summed E-state index contributed by atoms with van der Waals surface area (Å²) in [6.45, 7) is 4.23. The molecule has 94 valence electrons. The van der Waals surface area contributed by atoms with Gasteiger partial charge in [0.1, 0.15) is 0 Å². The van der Waals surface area contributed by atoms with Crippen LogP contribution in [0.3, 0.4) is 0 Å². The molecular formula is C14H28N2. The number of hydrogen-bond acceptors (Lipinski definition) is 2. The van der Waals surface area contributed by atoms with Crippen molar-refractivity contribution in [2.45, 2.75) is 65.2 Å². The zero-order valence-corrected chi connectivity index (χ0v) is 11.0. The molecule has 0 aromatic rings. The molecule has 2 unspecified atom stereocenters. The maximum Gasteiger partial charge on any atom is -0.00195 e.